The van der Waals surface area contributed by atoms with Crippen LogP contribution in [0.25, 0.3) is 0 Å². The lowest BCUT2D eigenvalue weighted by Crippen LogP contribution is -2.44. The summed E-state index contributed by atoms with van der Waals surface area (Å²) in [6.45, 7) is 0.573. The molecule has 0 unspecified atom stereocenters. The fourth-order valence-electron chi connectivity index (χ4n) is 2.02. The highest BCUT2D eigenvalue weighted by Crippen LogP contribution is 2.35. The second kappa shape index (κ2) is 4.51. The van der Waals surface area contributed by atoms with E-state index in [0.29, 0.717) is 25.8 Å². The van der Waals surface area contributed by atoms with Crippen molar-refractivity contribution in [2.75, 3.05) is 18.8 Å². The Morgan fingerprint density at radius 3 is 2.44 bits per heavy atom. The summed E-state index contributed by atoms with van der Waals surface area (Å²) in [5, 5.41) is 11.4. The Bertz CT molecular complexity index is 469. The Morgan fingerprint density at radius 1 is 1.33 bits per heavy atom. The predicted octanol–water partition coefficient (Wildman–Crippen LogP) is -0.855. The number of carbonyl (C=O) groups is 2. The number of hydrogen-bond donors (Lipinski definition) is 2. The van der Waals surface area contributed by atoms with Crippen LogP contribution in [0.2, 0.25) is 0 Å². The van der Waals surface area contributed by atoms with Crippen LogP contribution in [0.15, 0.2) is 0 Å². The summed E-state index contributed by atoms with van der Waals surface area (Å²) in [5.74, 6) is -1.30. The van der Waals surface area contributed by atoms with Crippen LogP contribution in [0.1, 0.15) is 25.7 Å². The van der Waals surface area contributed by atoms with E-state index in [4.69, 9.17) is 5.11 Å². The first-order valence-electron chi connectivity index (χ1n) is 5.88. The predicted molar refractivity (Wildman–Crippen MR) is 62.3 cm³/mol. The Kier molecular flexibility index (Phi) is 3.33. The number of aliphatic carboxylic acids is 1. The molecule has 0 atom stereocenters. The lowest BCUT2D eigenvalue weighted by molar-refractivity contribution is -0.143. The zero-order valence-corrected chi connectivity index (χ0v) is 10.7. The van der Waals surface area contributed by atoms with Gasteiger partial charge in [-0.1, -0.05) is 0 Å². The highest BCUT2D eigenvalue weighted by Gasteiger charge is 2.51. The molecule has 1 saturated heterocycles. The van der Waals surface area contributed by atoms with Crippen LogP contribution in [0.5, 0.6) is 0 Å². The normalized spacial score (nSPS) is 24.7. The van der Waals surface area contributed by atoms with Crippen LogP contribution >= 0.6 is 0 Å². The van der Waals surface area contributed by atoms with Crippen molar-refractivity contribution in [2.45, 2.75) is 31.2 Å². The Labute approximate surface area is 105 Å². The topological polar surface area (TPSA) is 104 Å². The van der Waals surface area contributed by atoms with Crippen LogP contribution in [-0.4, -0.2) is 54.1 Å². The number of nitrogens with one attached hydrogen (secondary N) is 1. The van der Waals surface area contributed by atoms with Gasteiger partial charge in [0.15, 0.2) is 0 Å². The maximum absolute atomic E-state index is 11.6. The fourth-order valence-corrected chi connectivity index (χ4v) is 3.54. The molecule has 0 aromatic rings. The molecule has 1 aliphatic heterocycles. The third-order valence-corrected chi connectivity index (χ3v) is 5.29. The van der Waals surface area contributed by atoms with E-state index in [0.717, 1.165) is 0 Å². The summed E-state index contributed by atoms with van der Waals surface area (Å²) >= 11 is 0. The zero-order valence-electron chi connectivity index (χ0n) is 9.89. The minimum absolute atomic E-state index is 0.00819. The van der Waals surface area contributed by atoms with Crippen molar-refractivity contribution < 1.29 is 23.1 Å². The van der Waals surface area contributed by atoms with Crippen LogP contribution in [-0.2, 0) is 19.6 Å². The van der Waals surface area contributed by atoms with E-state index in [1.54, 1.807) is 0 Å². The summed E-state index contributed by atoms with van der Waals surface area (Å²) in [5.41, 5.74) is -1.10. The SMILES string of the molecule is O=C(CCN1CCCS1(=O)=O)NC1(C(=O)O)CC1. The molecule has 1 heterocycles. The minimum Gasteiger partial charge on any atom is -0.480 e. The number of carboxylic acids is 1. The smallest absolute Gasteiger partial charge is 0.329 e. The van der Waals surface area contributed by atoms with E-state index >= 15 is 0 Å². The quantitative estimate of drug-likeness (QED) is 0.680. The number of carbonyl (C=O) groups excluding carboxylic acids is 1. The molecule has 8 heteroatoms. The number of sulfonamides is 1. The van der Waals surface area contributed by atoms with Gasteiger partial charge >= 0.3 is 5.97 Å². The molecule has 1 aliphatic carbocycles. The van der Waals surface area contributed by atoms with Crippen LogP contribution in [0.4, 0.5) is 0 Å². The first-order chi connectivity index (χ1) is 8.36. The van der Waals surface area contributed by atoms with Crippen molar-refractivity contribution in [2.24, 2.45) is 0 Å². The van der Waals surface area contributed by atoms with E-state index in [1.807, 2.05) is 0 Å². The van der Waals surface area contributed by atoms with Gasteiger partial charge in [0.05, 0.1) is 5.75 Å². The van der Waals surface area contributed by atoms with E-state index in [1.165, 1.54) is 4.31 Å². The van der Waals surface area contributed by atoms with Crippen LogP contribution in [0, 0.1) is 0 Å². The van der Waals surface area contributed by atoms with Crippen LogP contribution in [0.3, 0.4) is 0 Å². The highest BCUT2D eigenvalue weighted by molar-refractivity contribution is 7.89. The summed E-state index contributed by atoms with van der Waals surface area (Å²) in [6.07, 6.45) is 1.48. The van der Waals surface area contributed by atoms with Gasteiger partial charge in [-0.15, -0.1) is 0 Å². The molecule has 1 amide bonds. The average molecular weight is 276 g/mol. The molecule has 18 heavy (non-hydrogen) atoms. The van der Waals surface area contributed by atoms with Gasteiger partial charge in [0.2, 0.25) is 15.9 Å². The van der Waals surface area contributed by atoms with Gasteiger partial charge in [-0.25, -0.2) is 17.5 Å². The molecule has 1 saturated carbocycles. The number of amides is 1. The molecular weight excluding hydrogens is 260 g/mol. The van der Waals surface area contributed by atoms with Crippen LogP contribution < -0.4 is 5.32 Å². The van der Waals surface area contributed by atoms with Crippen molar-refractivity contribution in [1.29, 1.82) is 0 Å². The largest absolute Gasteiger partial charge is 0.480 e. The van der Waals surface area contributed by atoms with Gasteiger partial charge in [-0.3, -0.25) is 4.79 Å². The van der Waals surface area contributed by atoms with Gasteiger partial charge in [0.25, 0.3) is 0 Å². The molecule has 0 aromatic carbocycles. The monoisotopic (exact) mass is 276 g/mol. The maximum Gasteiger partial charge on any atom is 0.329 e. The van der Waals surface area contributed by atoms with Gasteiger partial charge in [0, 0.05) is 19.5 Å². The molecule has 2 fully saturated rings. The van der Waals surface area contributed by atoms with Crippen molar-refractivity contribution in [1.82, 2.24) is 9.62 Å². The van der Waals surface area contributed by atoms with Gasteiger partial charge < -0.3 is 10.4 Å². The second-order valence-electron chi connectivity index (χ2n) is 4.75. The fraction of sp³-hybridized carbons (Fsp3) is 0.800. The molecule has 0 bridgehead atoms. The lowest BCUT2D eigenvalue weighted by atomic mass is 10.2. The lowest BCUT2D eigenvalue weighted by Gasteiger charge is -2.16. The molecule has 2 N–H and O–H groups in total. The third kappa shape index (κ3) is 2.64. The van der Waals surface area contributed by atoms with E-state index in [-0.39, 0.29) is 18.7 Å². The van der Waals surface area contributed by atoms with E-state index in [9.17, 15) is 18.0 Å². The molecular formula is C10H16N2O5S. The summed E-state index contributed by atoms with van der Waals surface area (Å²) < 4.78 is 24.2. The maximum atomic E-state index is 11.6. The summed E-state index contributed by atoms with van der Waals surface area (Å²) in [4.78, 5) is 22.4. The molecule has 0 spiro atoms. The number of nitrogens with zero attached hydrogens (tertiary/aromatic N) is 1. The molecule has 2 rings (SSSR count). The van der Waals surface area contributed by atoms with E-state index < -0.39 is 27.4 Å². The molecule has 0 radical (unpaired) electrons. The van der Waals surface area contributed by atoms with Crippen molar-refractivity contribution in [3.63, 3.8) is 0 Å². The third-order valence-electron chi connectivity index (χ3n) is 3.33. The Hall–Kier alpha value is -1.15. The van der Waals surface area contributed by atoms with Crippen molar-refractivity contribution in [3.05, 3.63) is 0 Å². The molecule has 0 aromatic heterocycles. The van der Waals surface area contributed by atoms with Crippen molar-refractivity contribution in [3.8, 4) is 0 Å². The second-order valence-corrected chi connectivity index (χ2v) is 6.84. The van der Waals surface area contributed by atoms with Gasteiger partial charge in [-0.05, 0) is 19.3 Å². The summed E-state index contributed by atoms with van der Waals surface area (Å²) in [7, 11) is -3.19. The van der Waals surface area contributed by atoms with Crippen molar-refractivity contribution >= 4 is 21.9 Å². The summed E-state index contributed by atoms with van der Waals surface area (Å²) in [6, 6.07) is 0. The van der Waals surface area contributed by atoms with Gasteiger partial charge in [-0.2, -0.15) is 0 Å². The molecule has 102 valence electrons. The Morgan fingerprint density at radius 2 is 2.00 bits per heavy atom. The first kappa shape index (κ1) is 13.3. The number of carboxylic acid groups (broad SMARTS) is 1. The highest BCUT2D eigenvalue weighted by atomic mass is 32.2. The average Bonchev–Trinajstić information content (AvgIpc) is 2.96. The number of rotatable bonds is 5. The standard InChI is InChI=1S/C10H16N2O5S/c13-8(11-10(3-4-10)9(14)15)2-6-12-5-1-7-18(12,16)17/h1-7H2,(H,11,13)(H,14,15). The van der Waals surface area contributed by atoms with Gasteiger partial charge in [0.1, 0.15) is 5.54 Å². The first-order valence-corrected chi connectivity index (χ1v) is 7.49. The van der Waals surface area contributed by atoms with E-state index in [2.05, 4.69) is 5.32 Å². The molecule has 2 aliphatic rings. The minimum atomic E-state index is -3.19. The molecule has 7 nitrogen and oxygen atoms in total. The Balaban J connectivity index is 1.81. The number of hydrogen-bond acceptors (Lipinski definition) is 4. The zero-order chi connectivity index (χ0) is 13.4.